The van der Waals surface area contributed by atoms with Crippen LogP contribution in [0.3, 0.4) is 0 Å². The highest BCUT2D eigenvalue weighted by Gasteiger charge is 2.10. The Bertz CT molecular complexity index is 1310. The first-order valence-corrected chi connectivity index (χ1v) is 14.5. The number of imidazole rings is 2. The Morgan fingerprint density at radius 3 is 2.03 bits per heavy atom. The van der Waals surface area contributed by atoms with Crippen molar-refractivity contribution in [3.8, 4) is 0 Å². The molecule has 9 heteroatoms. The summed E-state index contributed by atoms with van der Waals surface area (Å²) in [6.45, 7) is 8.58. The van der Waals surface area contributed by atoms with Gasteiger partial charge in [-0.3, -0.25) is 9.59 Å². The second kappa shape index (κ2) is 16.8. The van der Waals surface area contributed by atoms with Crippen LogP contribution in [0, 0.1) is 13.8 Å². The summed E-state index contributed by atoms with van der Waals surface area (Å²) in [5.41, 5.74) is 6.44. The van der Waals surface area contributed by atoms with E-state index in [1.54, 1.807) is 0 Å². The van der Waals surface area contributed by atoms with Crippen LogP contribution in [-0.2, 0) is 39.0 Å². The monoisotopic (exact) mass is 636 g/mol. The van der Waals surface area contributed by atoms with E-state index in [0.29, 0.717) is 38.9 Å². The van der Waals surface area contributed by atoms with Crippen LogP contribution in [0.2, 0.25) is 0 Å². The van der Waals surface area contributed by atoms with Gasteiger partial charge in [0.1, 0.15) is 11.6 Å². The first kappa shape index (κ1) is 33.1. The number of alkyl halides is 1. The molecule has 8 nitrogen and oxygen atoms in total. The number of aromatic amines is 1. The van der Waals surface area contributed by atoms with Crippen molar-refractivity contribution >= 4 is 56.6 Å². The number of hydrogen-bond donors (Lipinski definition) is 1. The molecule has 1 N–H and O–H groups in total. The number of aromatic nitrogens is 4. The van der Waals surface area contributed by atoms with Gasteiger partial charge in [0, 0.05) is 19.9 Å². The highest BCUT2D eigenvalue weighted by molar-refractivity contribution is 14.1. The summed E-state index contributed by atoms with van der Waals surface area (Å²) in [5, 5.41) is 0. The largest absolute Gasteiger partial charge is 0.466 e. The molecule has 2 aromatic carbocycles. The van der Waals surface area contributed by atoms with Crippen LogP contribution >= 0.6 is 22.6 Å². The Morgan fingerprint density at radius 1 is 0.868 bits per heavy atom. The minimum Gasteiger partial charge on any atom is -0.466 e. The van der Waals surface area contributed by atoms with Gasteiger partial charge in [-0.2, -0.15) is 0 Å². The molecule has 4 rings (SSSR count). The first-order chi connectivity index (χ1) is 17.8. The number of carbonyl (C=O) groups excluding carboxylic acids is 2. The molecular weight excluding hydrogens is 595 g/mol. The molecule has 0 spiro atoms. The van der Waals surface area contributed by atoms with E-state index in [4.69, 9.17) is 9.47 Å². The molecule has 0 bridgehead atoms. The van der Waals surface area contributed by atoms with Gasteiger partial charge in [0.15, 0.2) is 0 Å². The van der Waals surface area contributed by atoms with Crippen molar-refractivity contribution in [1.29, 1.82) is 0 Å². The van der Waals surface area contributed by atoms with Gasteiger partial charge in [-0.05, 0) is 68.0 Å². The normalized spacial score (nSPS) is 10.1. The topological polar surface area (TPSA) is 99.1 Å². The van der Waals surface area contributed by atoms with Gasteiger partial charge >= 0.3 is 11.9 Å². The average Bonchev–Trinajstić information content (AvgIpc) is 3.43. The summed E-state index contributed by atoms with van der Waals surface area (Å²) >= 11 is 2.15. The Balaban J connectivity index is 0.000000349. The molecule has 0 unspecified atom stereocenters. The first-order valence-electron chi connectivity index (χ1n) is 12.4. The third kappa shape index (κ3) is 9.74. The standard InChI is InChI=1S/C14H18N2O2.C13H16N2O2.CH3I.CH4/c1-4-18-14(17)8-7-13-15-11-6-5-10(2)9-12(11)16(13)3;1-3-17-13(16)7-6-12-14-10-5-4-9(2)8-11(10)15-12;1-2;/h5-6,9H,4,7-8H2,1-3H3;4-5,8H,3,6-7H2,1-2H3,(H,14,15);1H3;1H4. The summed E-state index contributed by atoms with van der Waals surface area (Å²) in [4.78, 5) is 36.7. The predicted octanol–water partition coefficient (Wildman–Crippen LogP) is 6.43. The van der Waals surface area contributed by atoms with Crippen LogP contribution < -0.4 is 0 Å². The smallest absolute Gasteiger partial charge is 0.306 e. The molecule has 208 valence electrons. The lowest BCUT2D eigenvalue weighted by Crippen LogP contribution is -2.07. The molecule has 0 aliphatic rings. The van der Waals surface area contributed by atoms with Gasteiger partial charge in [-0.1, -0.05) is 42.2 Å². The lowest BCUT2D eigenvalue weighted by atomic mass is 10.2. The number of aryl methyl sites for hydroxylation is 5. The summed E-state index contributed by atoms with van der Waals surface area (Å²) in [6, 6.07) is 12.2. The Hall–Kier alpha value is -2.95. The van der Waals surface area contributed by atoms with Crippen LogP contribution in [0.5, 0.6) is 0 Å². The number of rotatable bonds is 8. The second-order valence-corrected chi connectivity index (χ2v) is 8.39. The molecule has 0 aliphatic carbocycles. The molecule has 2 heterocycles. The Labute approximate surface area is 239 Å². The van der Waals surface area contributed by atoms with Crippen molar-refractivity contribution < 1.29 is 19.1 Å². The van der Waals surface area contributed by atoms with E-state index in [-0.39, 0.29) is 19.4 Å². The van der Waals surface area contributed by atoms with E-state index in [1.165, 1.54) is 11.1 Å². The molecule has 2 aromatic heterocycles. The molecule has 0 amide bonds. The SMILES string of the molecule is C.CCOC(=O)CCc1nc2ccc(C)cc2[nH]1.CCOC(=O)CCc1nc2ccc(C)cc2n1C.CI. The predicted molar refractivity (Wildman–Crippen MR) is 163 cm³/mol. The van der Waals surface area contributed by atoms with Crippen LogP contribution in [0.15, 0.2) is 36.4 Å². The molecule has 0 radical (unpaired) electrons. The Kier molecular flexibility index (Phi) is 14.6. The van der Waals surface area contributed by atoms with Gasteiger partial charge in [-0.15, -0.1) is 0 Å². The van der Waals surface area contributed by atoms with E-state index in [1.807, 2.05) is 61.6 Å². The maximum atomic E-state index is 11.3. The van der Waals surface area contributed by atoms with Gasteiger partial charge in [0.05, 0.1) is 48.1 Å². The zero-order valence-electron chi connectivity index (χ0n) is 22.6. The van der Waals surface area contributed by atoms with Gasteiger partial charge in [0.2, 0.25) is 0 Å². The fraction of sp³-hybridized carbons (Fsp3) is 0.448. The van der Waals surface area contributed by atoms with Crippen molar-refractivity contribution in [2.75, 3.05) is 18.1 Å². The van der Waals surface area contributed by atoms with Crippen molar-refractivity contribution in [3.05, 3.63) is 59.2 Å². The van der Waals surface area contributed by atoms with Crippen LogP contribution in [-0.4, -0.2) is 49.6 Å². The number of carbonyl (C=O) groups is 2. The zero-order chi connectivity index (χ0) is 27.4. The molecule has 0 atom stereocenters. The van der Waals surface area contributed by atoms with Crippen molar-refractivity contribution in [2.45, 2.75) is 60.8 Å². The van der Waals surface area contributed by atoms with Crippen molar-refractivity contribution in [3.63, 3.8) is 0 Å². The average molecular weight is 637 g/mol. The lowest BCUT2D eigenvalue weighted by Gasteiger charge is -2.03. The van der Waals surface area contributed by atoms with Gasteiger partial charge in [0.25, 0.3) is 0 Å². The highest BCUT2D eigenvalue weighted by Crippen LogP contribution is 2.17. The van der Waals surface area contributed by atoms with Crippen LogP contribution in [0.25, 0.3) is 22.1 Å². The minimum atomic E-state index is -0.177. The van der Waals surface area contributed by atoms with E-state index in [2.05, 4.69) is 56.6 Å². The van der Waals surface area contributed by atoms with E-state index >= 15 is 0 Å². The Morgan fingerprint density at radius 2 is 1.42 bits per heavy atom. The fourth-order valence-corrected chi connectivity index (χ4v) is 3.77. The number of nitrogens with one attached hydrogen (secondary N) is 1. The van der Waals surface area contributed by atoms with Gasteiger partial charge < -0.3 is 19.0 Å². The third-order valence-corrected chi connectivity index (χ3v) is 5.54. The molecule has 0 fully saturated rings. The van der Waals surface area contributed by atoms with Crippen LogP contribution in [0.4, 0.5) is 0 Å². The second-order valence-electron chi connectivity index (χ2n) is 8.39. The highest BCUT2D eigenvalue weighted by atomic mass is 127. The number of hydrogen-bond acceptors (Lipinski definition) is 6. The molecule has 0 saturated heterocycles. The lowest BCUT2D eigenvalue weighted by molar-refractivity contribution is -0.144. The maximum absolute atomic E-state index is 11.3. The summed E-state index contributed by atoms with van der Waals surface area (Å²) in [6.07, 6.45) is 1.95. The maximum Gasteiger partial charge on any atom is 0.306 e. The van der Waals surface area contributed by atoms with Gasteiger partial charge in [-0.25, -0.2) is 9.97 Å². The van der Waals surface area contributed by atoms with E-state index in [9.17, 15) is 9.59 Å². The number of H-pyrrole nitrogens is 1. The van der Waals surface area contributed by atoms with E-state index < -0.39 is 0 Å². The fourth-order valence-electron chi connectivity index (χ4n) is 3.77. The summed E-state index contributed by atoms with van der Waals surface area (Å²) in [5.74, 6) is 1.41. The third-order valence-electron chi connectivity index (χ3n) is 5.54. The molecular formula is C29H41IN4O4. The van der Waals surface area contributed by atoms with Crippen LogP contribution in [0.1, 0.15) is 56.9 Å². The molecule has 4 aromatic rings. The summed E-state index contributed by atoms with van der Waals surface area (Å²) < 4.78 is 11.8. The molecule has 38 heavy (non-hydrogen) atoms. The van der Waals surface area contributed by atoms with Crippen molar-refractivity contribution in [2.24, 2.45) is 7.05 Å². The van der Waals surface area contributed by atoms with Crippen molar-refractivity contribution in [1.82, 2.24) is 19.5 Å². The summed E-state index contributed by atoms with van der Waals surface area (Å²) in [7, 11) is 1.98. The number of ether oxygens (including phenoxy) is 2. The molecule has 0 saturated carbocycles. The quantitative estimate of drug-likeness (QED) is 0.136. The number of esters is 2. The number of benzene rings is 2. The van der Waals surface area contributed by atoms with E-state index in [0.717, 1.165) is 33.7 Å². The number of nitrogens with zero attached hydrogens (tertiary/aromatic N) is 3. The number of halogens is 1. The minimum absolute atomic E-state index is 0. The number of fused-ring (bicyclic) bond motifs is 2. The molecule has 0 aliphatic heterocycles. The zero-order valence-corrected chi connectivity index (χ0v) is 24.7.